The van der Waals surface area contributed by atoms with Gasteiger partial charge < -0.3 is 10.3 Å². The van der Waals surface area contributed by atoms with E-state index in [1.807, 2.05) is 0 Å². The molecule has 0 bridgehead atoms. The van der Waals surface area contributed by atoms with Crippen LogP contribution in [-0.4, -0.2) is 10.1 Å². The van der Waals surface area contributed by atoms with Crippen LogP contribution in [-0.2, 0) is 0 Å². The van der Waals surface area contributed by atoms with Crippen molar-refractivity contribution in [1.82, 2.24) is 10.1 Å². The molecule has 3 aromatic rings. The Labute approximate surface area is 112 Å². The molecule has 0 radical (unpaired) electrons. The second kappa shape index (κ2) is 4.73. The molecule has 0 fully saturated rings. The summed E-state index contributed by atoms with van der Waals surface area (Å²) in [6.07, 6.45) is 0. The number of nitrogen functional groups attached to an aromatic ring is 1. The molecule has 0 aliphatic rings. The summed E-state index contributed by atoms with van der Waals surface area (Å²) >= 11 is 0. The lowest BCUT2D eigenvalue weighted by molar-refractivity contribution is 0.432. The number of benzene rings is 2. The molecule has 0 saturated heterocycles. The van der Waals surface area contributed by atoms with Gasteiger partial charge in [-0.15, -0.1) is 0 Å². The molecule has 0 aliphatic heterocycles. The van der Waals surface area contributed by atoms with E-state index in [1.165, 1.54) is 36.4 Å². The Kier molecular flexibility index (Phi) is 2.90. The summed E-state index contributed by atoms with van der Waals surface area (Å²) in [7, 11) is 0. The van der Waals surface area contributed by atoms with Crippen LogP contribution in [0.25, 0.3) is 22.8 Å². The van der Waals surface area contributed by atoms with Crippen molar-refractivity contribution >= 4 is 5.69 Å². The predicted octanol–water partition coefficient (Wildman–Crippen LogP) is 3.26. The van der Waals surface area contributed by atoms with Crippen molar-refractivity contribution in [2.45, 2.75) is 0 Å². The van der Waals surface area contributed by atoms with Gasteiger partial charge in [-0.3, -0.25) is 0 Å². The molecule has 20 heavy (non-hydrogen) atoms. The van der Waals surface area contributed by atoms with Gasteiger partial charge in [0, 0.05) is 11.3 Å². The lowest BCUT2D eigenvalue weighted by Crippen LogP contribution is -1.91. The highest BCUT2D eigenvalue weighted by Gasteiger charge is 2.14. The van der Waals surface area contributed by atoms with Crippen LogP contribution in [0.3, 0.4) is 0 Å². The standard InChI is InChI=1S/C14H9F2N3O/c15-9-3-1-2-8(6-9)13-18-14(20-19-13)11-7-10(16)4-5-12(11)17/h1-7H,17H2. The number of hydrogen-bond donors (Lipinski definition) is 1. The van der Waals surface area contributed by atoms with Crippen molar-refractivity contribution in [2.75, 3.05) is 5.73 Å². The summed E-state index contributed by atoms with van der Waals surface area (Å²) < 4.78 is 31.4. The highest BCUT2D eigenvalue weighted by molar-refractivity contribution is 5.71. The number of halogens is 2. The molecule has 0 unspecified atom stereocenters. The van der Waals surface area contributed by atoms with Gasteiger partial charge in [-0.05, 0) is 30.3 Å². The molecule has 0 amide bonds. The molecular formula is C14H9F2N3O. The first-order valence-electron chi connectivity index (χ1n) is 5.78. The van der Waals surface area contributed by atoms with Gasteiger partial charge >= 0.3 is 0 Å². The third-order valence-corrected chi connectivity index (χ3v) is 2.75. The van der Waals surface area contributed by atoms with Gasteiger partial charge in [-0.25, -0.2) is 8.78 Å². The van der Waals surface area contributed by atoms with Gasteiger partial charge in [0.2, 0.25) is 5.82 Å². The fourth-order valence-electron chi connectivity index (χ4n) is 1.79. The van der Waals surface area contributed by atoms with E-state index < -0.39 is 11.6 Å². The highest BCUT2D eigenvalue weighted by Crippen LogP contribution is 2.27. The first-order chi connectivity index (χ1) is 9.63. The van der Waals surface area contributed by atoms with Crippen LogP contribution in [0.15, 0.2) is 47.0 Å². The molecule has 0 spiro atoms. The normalized spacial score (nSPS) is 10.7. The van der Waals surface area contributed by atoms with Crippen LogP contribution >= 0.6 is 0 Å². The third kappa shape index (κ3) is 2.23. The summed E-state index contributed by atoms with van der Waals surface area (Å²) in [6, 6.07) is 9.64. The van der Waals surface area contributed by atoms with Gasteiger partial charge in [0.1, 0.15) is 11.6 Å². The van der Waals surface area contributed by atoms with Gasteiger partial charge in [-0.2, -0.15) is 4.98 Å². The Morgan fingerprint density at radius 3 is 2.60 bits per heavy atom. The maximum Gasteiger partial charge on any atom is 0.260 e. The molecule has 2 N–H and O–H groups in total. The van der Waals surface area contributed by atoms with E-state index >= 15 is 0 Å². The summed E-state index contributed by atoms with van der Waals surface area (Å²) in [4.78, 5) is 4.10. The molecule has 2 aromatic carbocycles. The second-order valence-electron chi connectivity index (χ2n) is 4.17. The number of nitrogens with two attached hydrogens (primary N) is 1. The van der Waals surface area contributed by atoms with Crippen molar-refractivity contribution < 1.29 is 13.3 Å². The Morgan fingerprint density at radius 1 is 1.00 bits per heavy atom. The van der Waals surface area contributed by atoms with Crippen LogP contribution in [0, 0.1) is 11.6 Å². The monoisotopic (exact) mass is 273 g/mol. The smallest absolute Gasteiger partial charge is 0.260 e. The quantitative estimate of drug-likeness (QED) is 0.728. The lowest BCUT2D eigenvalue weighted by Gasteiger charge is -1.99. The fraction of sp³-hybridized carbons (Fsp3) is 0. The second-order valence-corrected chi connectivity index (χ2v) is 4.17. The molecular weight excluding hydrogens is 264 g/mol. The van der Waals surface area contributed by atoms with Gasteiger partial charge in [0.05, 0.1) is 5.56 Å². The van der Waals surface area contributed by atoms with Gasteiger partial charge in [0.25, 0.3) is 5.89 Å². The average Bonchev–Trinajstić information content (AvgIpc) is 2.91. The molecule has 0 aliphatic carbocycles. The molecule has 100 valence electrons. The zero-order chi connectivity index (χ0) is 14.1. The minimum atomic E-state index is -0.459. The van der Waals surface area contributed by atoms with Crippen molar-refractivity contribution in [3.63, 3.8) is 0 Å². The zero-order valence-corrected chi connectivity index (χ0v) is 10.2. The van der Waals surface area contributed by atoms with E-state index in [0.717, 1.165) is 0 Å². The minimum Gasteiger partial charge on any atom is -0.398 e. The first-order valence-corrected chi connectivity index (χ1v) is 5.78. The van der Waals surface area contributed by atoms with Crippen molar-refractivity contribution in [2.24, 2.45) is 0 Å². The molecule has 4 nitrogen and oxygen atoms in total. The number of anilines is 1. The van der Waals surface area contributed by atoms with E-state index in [4.69, 9.17) is 10.3 Å². The Balaban J connectivity index is 2.04. The van der Waals surface area contributed by atoms with E-state index in [1.54, 1.807) is 6.07 Å². The summed E-state index contributed by atoms with van der Waals surface area (Å²) in [5.74, 6) is -0.566. The SMILES string of the molecule is Nc1ccc(F)cc1-c1nc(-c2cccc(F)c2)no1. The minimum absolute atomic E-state index is 0.0845. The van der Waals surface area contributed by atoms with E-state index in [0.29, 0.717) is 16.8 Å². The summed E-state index contributed by atoms with van der Waals surface area (Å²) in [5, 5.41) is 3.74. The van der Waals surface area contributed by atoms with Crippen molar-refractivity contribution in [1.29, 1.82) is 0 Å². The first kappa shape index (κ1) is 12.3. The number of nitrogens with zero attached hydrogens (tertiary/aromatic N) is 2. The average molecular weight is 273 g/mol. The van der Waals surface area contributed by atoms with Crippen LogP contribution in [0.4, 0.5) is 14.5 Å². The molecule has 1 aromatic heterocycles. The predicted molar refractivity (Wildman–Crippen MR) is 69.5 cm³/mol. The Hall–Kier alpha value is -2.76. The number of aromatic nitrogens is 2. The highest BCUT2D eigenvalue weighted by atomic mass is 19.1. The summed E-state index contributed by atoms with van der Waals surface area (Å²) in [6.45, 7) is 0. The molecule has 1 heterocycles. The topological polar surface area (TPSA) is 64.9 Å². The van der Waals surface area contributed by atoms with Crippen LogP contribution in [0.2, 0.25) is 0 Å². The Morgan fingerprint density at radius 2 is 1.80 bits per heavy atom. The maximum atomic E-state index is 13.2. The molecule has 3 rings (SSSR count). The van der Waals surface area contributed by atoms with E-state index in [-0.39, 0.29) is 11.7 Å². The van der Waals surface area contributed by atoms with Gasteiger partial charge in [0.15, 0.2) is 0 Å². The van der Waals surface area contributed by atoms with Crippen LogP contribution in [0.1, 0.15) is 0 Å². The van der Waals surface area contributed by atoms with Crippen LogP contribution in [0.5, 0.6) is 0 Å². The third-order valence-electron chi connectivity index (χ3n) is 2.75. The van der Waals surface area contributed by atoms with Crippen LogP contribution < -0.4 is 5.73 Å². The number of rotatable bonds is 2. The van der Waals surface area contributed by atoms with E-state index in [2.05, 4.69) is 10.1 Å². The Bertz CT molecular complexity index is 771. The lowest BCUT2D eigenvalue weighted by atomic mass is 10.1. The zero-order valence-electron chi connectivity index (χ0n) is 10.2. The van der Waals surface area contributed by atoms with E-state index in [9.17, 15) is 8.78 Å². The largest absolute Gasteiger partial charge is 0.398 e. The van der Waals surface area contributed by atoms with Crippen molar-refractivity contribution in [3.8, 4) is 22.8 Å². The summed E-state index contributed by atoms with van der Waals surface area (Å²) in [5.41, 5.74) is 6.83. The van der Waals surface area contributed by atoms with Crippen molar-refractivity contribution in [3.05, 3.63) is 54.1 Å². The van der Waals surface area contributed by atoms with Gasteiger partial charge in [-0.1, -0.05) is 17.3 Å². The fourth-order valence-corrected chi connectivity index (χ4v) is 1.79. The number of hydrogen-bond acceptors (Lipinski definition) is 4. The molecule has 0 atom stereocenters. The molecule has 6 heteroatoms. The maximum absolute atomic E-state index is 13.2. The molecule has 0 saturated carbocycles.